The quantitative estimate of drug-likeness (QED) is 0.608. The van der Waals surface area contributed by atoms with Crippen molar-refractivity contribution in [3.05, 3.63) is 35.9 Å². The summed E-state index contributed by atoms with van der Waals surface area (Å²) in [6.45, 7) is 11.2. The molecule has 35 heavy (non-hydrogen) atoms. The fourth-order valence-corrected chi connectivity index (χ4v) is 7.34. The van der Waals surface area contributed by atoms with E-state index >= 15 is 0 Å². The number of hydroxylamine groups is 2. The van der Waals surface area contributed by atoms with Crippen LogP contribution in [-0.4, -0.2) is 54.3 Å². The van der Waals surface area contributed by atoms with E-state index in [1.165, 1.54) is 7.11 Å². The predicted octanol–water partition coefficient (Wildman–Crippen LogP) is 4.04. The molecule has 2 heterocycles. The molecule has 7 atom stereocenters. The minimum Gasteiger partial charge on any atom is -0.469 e. The fraction of sp³-hybridized carbons (Fsp3) is 0.704. The third-order valence-corrected chi connectivity index (χ3v) is 9.57. The SMILES string of the molecule is COC(=O)C[C@H](NC(=O)OCc1ccccc1)[C@@H]1[C@H]2O[C@H]3[C@H]([C@@H]4CC[C@@]3(C)C4(C)C)N2OC1(C)C. The van der Waals surface area contributed by atoms with Crippen LogP contribution in [0.3, 0.4) is 0 Å². The first-order valence-electron chi connectivity index (χ1n) is 12.7. The molecule has 2 saturated heterocycles. The Hall–Kier alpha value is -2.16. The maximum Gasteiger partial charge on any atom is 0.407 e. The van der Waals surface area contributed by atoms with Gasteiger partial charge in [0.05, 0.1) is 43.2 Å². The number of benzene rings is 1. The first-order valence-corrected chi connectivity index (χ1v) is 12.7. The van der Waals surface area contributed by atoms with Crippen LogP contribution in [0, 0.1) is 22.7 Å². The molecular weight excluding hydrogens is 448 g/mol. The second-order valence-electron chi connectivity index (χ2n) is 11.9. The van der Waals surface area contributed by atoms with E-state index in [4.69, 9.17) is 19.0 Å². The molecule has 8 heteroatoms. The molecule has 2 saturated carbocycles. The number of hydrogen-bond acceptors (Lipinski definition) is 7. The van der Waals surface area contributed by atoms with Gasteiger partial charge in [0, 0.05) is 5.41 Å². The third kappa shape index (κ3) is 3.76. The van der Waals surface area contributed by atoms with Crippen LogP contribution in [0.15, 0.2) is 30.3 Å². The Morgan fingerprint density at radius 3 is 2.57 bits per heavy atom. The second-order valence-corrected chi connectivity index (χ2v) is 11.9. The van der Waals surface area contributed by atoms with Gasteiger partial charge < -0.3 is 19.5 Å². The Balaban J connectivity index is 1.37. The number of fused-ring (bicyclic) bond motifs is 7. The van der Waals surface area contributed by atoms with E-state index in [1.54, 1.807) is 0 Å². The van der Waals surface area contributed by atoms with Crippen LogP contribution >= 0.6 is 0 Å². The molecule has 5 rings (SSSR count). The summed E-state index contributed by atoms with van der Waals surface area (Å²) in [5.41, 5.74) is 0.448. The highest BCUT2D eigenvalue weighted by Gasteiger charge is 2.75. The molecule has 1 amide bonds. The van der Waals surface area contributed by atoms with Gasteiger partial charge in [0.1, 0.15) is 12.8 Å². The topological polar surface area (TPSA) is 86.3 Å². The Labute approximate surface area is 207 Å². The number of amides is 1. The molecule has 1 N–H and O–H groups in total. The summed E-state index contributed by atoms with van der Waals surface area (Å²) in [4.78, 5) is 31.8. The lowest BCUT2D eigenvalue weighted by atomic mass is 9.70. The average molecular weight is 487 g/mol. The highest BCUT2D eigenvalue weighted by molar-refractivity contribution is 5.72. The first-order chi connectivity index (χ1) is 16.5. The minimum atomic E-state index is -0.659. The Morgan fingerprint density at radius 1 is 1.17 bits per heavy atom. The van der Waals surface area contributed by atoms with Gasteiger partial charge in [0.2, 0.25) is 0 Å². The van der Waals surface area contributed by atoms with E-state index in [2.05, 4.69) is 26.1 Å². The summed E-state index contributed by atoms with van der Waals surface area (Å²) in [7, 11) is 1.35. The summed E-state index contributed by atoms with van der Waals surface area (Å²) in [5.74, 6) is -0.221. The first kappa shape index (κ1) is 24.5. The maximum atomic E-state index is 12.8. The number of carbonyl (C=O) groups excluding carboxylic acids is 2. The van der Waals surface area contributed by atoms with Crippen LogP contribution < -0.4 is 5.32 Å². The van der Waals surface area contributed by atoms with Gasteiger partial charge in [-0.1, -0.05) is 51.1 Å². The molecule has 0 aromatic heterocycles. The molecule has 2 aliphatic heterocycles. The second kappa shape index (κ2) is 8.46. The van der Waals surface area contributed by atoms with Gasteiger partial charge in [0.15, 0.2) is 0 Å². The zero-order valence-electron chi connectivity index (χ0n) is 21.6. The number of nitrogens with zero attached hydrogens (tertiary/aromatic N) is 1. The Bertz CT molecular complexity index is 981. The van der Waals surface area contributed by atoms with E-state index in [0.29, 0.717) is 5.92 Å². The van der Waals surface area contributed by atoms with Crippen molar-refractivity contribution in [3.8, 4) is 0 Å². The Morgan fingerprint density at radius 2 is 1.89 bits per heavy atom. The van der Waals surface area contributed by atoms with Gasteiger partial charge in [-0.2, -0.15) is 5.06 Å². The van der Waals surface area contributed by atoms with Crippen LogP contribution in [0.4, 0.5) is 4.79 Å². The summed E-state index contributed by atoms with van der Waals surface area (Å²) >= 11 is 0. The number of hydrogen-bond donors (Lipinski definition) is 1. The van der Waals surface area contributed by atoms with Crippen molar-refractivity contribution in [2.45, 2.75) is 90.5 Å². The van der Waals surface area contributed by atoms with Gasteiger partial charge in [0.25, 0.3) is 0 Å². The van der Waals surface area contributed by atoms with Gasteiger partial charge in [-0.3, -0.25) is 9.63 Å². The average Bonchev–Trinajstić information content (AvgIpc) is 3.41. The van der Waals surface area contributed by atoms with E-state index in [0.717, 1.165) is 18.4 Å². The number of ether oxygens (including phenoxy) is 3. The van der Waals surface area contributed by atoms with Gasteiger partial charge in [-0.15, -0.1) is 0 Å². The standard InChI is InChI=1S/C27H38N2O6/c1-25(2)17-12-13-27(25,5)22-21(17)29-23(34-22)20(26(3,4)35-29)18(14-19(30)32-6)28-24(31)33-15-16-10-8-7-9-11-16/h7-11,17-18,20-23H,12-15H2,1-6H3,(H,28,31)/t17-,18-,20+,21-,22-,23+,27+/m0/s1. The van der Waals surface area contributed by atoms with E-state index < -0.39 is 23.7 Å². The monoisotopic (exact) mass is 486 g/mol. The van der Waals surface area contributed by atoms with Crippen LogP contribution in [0.1, 0.15) is 59.4 Å². The number of nitrogens with one attached hydrogen (secondary N) is 1. The zero-order chi connectivity index (χ0) is 25.2. The maximum absolute atomic E-state index is 12.8. The van der Waals surface area contributed by atoms with Gasteiger partial charge in [-0.05, 0) is 43.6 Å². The molecule has 0 radical (unpaired) electrons. The van der Waals surface area contributed by atoms with Crippen molar-refractivity contribution in [2.75, 3.05) is 7.11 Å². The summed E-state index contributed by atoms with van der Waals surface area (Å²) < 4.78 is 17.2. The van der Waals surface area contributed by atoms with Crippen LogP contribution in [0.25, 0.3) is 0 Å². The number of methoxy groups -OCH3 is 1. The molecule has 4 aliphatic rings. The smallest absolute Gasteiger partial charge is 0.407 e. The van der Waals surface area contributed by atoms with Gasteiger partial charge >= 0.3 is 12.1 Å². The van der Waals surface area contributed by atoms with Crippen LogP contribution in [-0.2, 0) is 30.4 Å². The highest BCUT2D eigenvalue weighted by Crippen LogP contribution is 2.70. The molecule has 0 unspecified atom stereocenters. The molecule has 1 aromatic carbocycles. The largest absolute Gasteiger partial charge is 0.469 e. The zero-order valence-corrected chi connectivity index (χ0v) is 21.6. The van der Waals surface area contributed by atoms with Crippen molar-refractivity contribution in [2.24, 2.45) is 22.7 Å². The van der Waals surface area contributed by atoms with Crippen molar-refractivity contribution in [1.29, 1.82) is 0 Å². The number of carbonyl (C=O) groups is 2. The van der Waals surface area contributed by atoms with Crippen molar-refractivity contribution in [1.82, 2.24) is 10.4 Å². The number of alkyl carbamates (subject to hydrolysis) is 1. The minimum absolute atomic E-state index is 0.00359. The number of rotatable bonds is 6. The van der Waals surface area contributed by atoms with Crippen molar-refractivity contribution >= 4 is 12.1 Å². The lowest BCUT2D eigenvalue weighted by Crippen LogP contribution is -2.52. The fourth-order valence-electron chi connectivity index (χ4n) is 7.34. The summed E-state index contributed by atoms with van der Waals surface area (Å²) in [6, 6.07) is 9.09. The predicted molar refractivity (Wildman–Crippen MR) is 128 cm³/mol. The van der Waals surface area contributed by atoms with E-state index in [1.807, 2.05) is 49.2 Å². The lowest BCUT2D eigenvalue weighted by molar-refractivity contribution is -0.221. The van der Waals surface area contributed by atoms with Crippen LogP contribution in [0.2, 0.25) is 0 Å². The molecule has 2 aliphatic carbocycles. The Kier molecular flexibility index (Phi) is 5.93. The van der Waals surface area contributed by atoms with E-state index in [-0.39, 0.29) is 48.1 Å². The number of esters is 1. The van der Waals surface area contributed by atoms with E-state index in [9.17, 15) is 9.59 Å². The summed E-state index contributed by atoms with van der Waals surface area (Å²) in [6.07, 6.45) is 1.41. The molecule has 8 nitrogen and oxygen atoms in total. The molecule has 192 valence electrons. The lowest BCUT2D eigenvalue weighted by Gasteiger charge is -2.40. The molecule has 0 spiro atoms. The molecule has 1 aromatic rings. The highest BCUT2D eigenvalue weighted by atomic mass is 16.8. The van der Waals surface area contributed by atoms with Crippen molar-refractivity contribution < 1.29 is 28.6 Å². The molecular formula is C27H38N2O6. The van der Waals surface area contributed by atoms with Crippen molar-refractivity contribution in [3.63, 3.8) is 0 Å². The summed E-state index contributed by atoms with van der Waals surface area (Å²) in [5, 5.41) is 4.99. The van der Waals surface area contributed by atoms with Crippen LogP contribution in [0.5, 0.6) is 0 Å². The molecule has 2 bridgehead atoms. The van der Waals surface area contributed by atoms with Gasteiger partial charge in [-0.25, -0.2) is 4.79 Å². The molecule has 4 fully saturated rings. The third-order valence-electron chi connectivity index (χ3n) is 9.57. The normalized spacial score (nSPS) is 36.9.